The van der Waals surface area contributed by atoms with Crippen molar-refractivity contribution in [1.82, 2.24) is 0 Å². The zero-order valence-electron chi connectivity index (χ0n) is 19.4. The van der Waals surface area contributed by atoms with E-state index in [0.717, 1.165) is 0 Å². The minimum absolute atomic E-state index is 0.0154. The van der Waals surface area contributed by atoms with Gasteiger partial charge in [-0.2, -0.15) is 0 Å². The third-order valence-electron chi connectivity index (χ3n) is 6.76. The molecule has 7 heteroatoms. The molecule has 0 saturated carbocycles. The summed E-state index contributed by atoms with van der Waals surface area (Å²) < 4.78 is 20.2. The summed E-state index contributed by atoms with van der Waals surface area (Å²) in [5.74, 6) is -0.682. The minimum atomic E-state index is -1.60. The molecule has 6 nitrogen and oxygen atoms in total. The van der Waals surface area contributed by atoms with Gasteiger partial charge in [0.1, 0.15) is 11.6 Å². The van der Waals surface area contributed by atoms with Crippen LogP contribution in [0, 0.1) is 5.82 Å². The van der Waals surface area contributed by atoms with Crippen molar-refractivity contribution >= 4 is 28.9 Å². The van der Waals surface area contributed by atoms with Crippen molar-refractivity contribution in [3.8, 4) is 5.75 Å². The number of anilines is 3. The van der Waals surface area contributed by atoms with Crippen LogP contribution in [0.4, 0.5) is 21.5 Å². The number of fused-ring (bicyclic) bond motifs is 3. The Hall–Kier alpha value is -4.65. The summed E-state index contributed by atoms with van der Waals surface area (Å²) in [4.78, 5) is 31.6. The second-order valence-corrected chi connectivity index (χ2v) is 8.69. The van der Waals surface area contributed by atoms with Gasteiger partial charge in [-0.15, -0.1) is 0 Å². The highest BCUT2D eigenvalue weighted by molar-refractivity contribution is 6.22. The number of hydrogen-bond donors (Lipinski definition) is 1. The van der Waals surface area contributed by atoms with Gasteiger partial charge in [0, 0.05) is 16.8 Å². The second-order valence-electron chi connectivity index (χ2n) is 8.69. The number of carbonyl (C=O) groups excluding carboxylic acids is 2. The fraction of sp³-hybridized carbons (Fsp3) is 0.103. The number of hydrogen-bond acceptors (Lipinski definition) is 4. The topological polar surface area (TPSA) is 61.9 Å². The molecule has 1 N–H and O–H groups in total. The van der Waals surface area contributed by atoms with E-state index in [-0.39, 0.29) is 18.4 Å². The van der Waals surface area contributed by atoms with E-state index in [9.17, 15) is 14.0 Å². The maximum Gasteiger partial charge on any atom is 0.279 e. The molecule has 4 aromatic rings. The number of para-hydroxylation sites is 4. The lowest BCUT2D eigenvalue weighted by molar-refractivity contribution is -0.122. The molecule has 0 aromatic heterocycles. The molecule has 2 heterocycles. The van der Waals surface area contributed by atoms with E-state index in [4.69, 9.17) is 4.74 Å². The molecule has 0 saturated heterocycles. The van der Waals surface area contributed by atoms with Crippen LogP contribution in [0.25, 0.3) is 0 Å². The molecule has 2 amide bonds. The average Bonchev–Trinajstić information content (AvgIpc) is 3.13. The van der Waals surface area contributed by atoms with Crippen molar-refractivity contribution in [2.24, 2.45) is 0 Å². The third kappa shape index (κ3) is 3.02. The average molecular weight is 480 g/mol. The maximum absolute atomic E-state index is 14.6. The molecular formula is C29H22FN3O3. The number of nitrogens with zero attached hydrogens (tertiary/aromatic N) is 2. The highest BCUT2D eigenvalue weighted by atomic mass is 19.1. The van der Waals surface area contributed by atoms with E-state index in [1.54, 1.807) is 60.7 Å². The number of rotatable bonds is 4. The number of methoxy groups -OCH3 is 1. The van der Waals surface area contributed by atoms with Gasteiger partial charge in [0.25, 0.3) is 11.8 Å². The molecule has 6 rings (SSSR count). The fourth-order valence-corrected chi connectivity index (χ4v) is 5.13. The van der Waals surface area contributed by atoms with Crippen LogP contribution in [0.1, 0.15) is 21.5 Å². The van der Waals surface area contributed by atoms with Crippen molar-refractivity contribution in [2.45, 2.75) is 12.2 Å². The van der Waals surface area contributed by atoms with Gasteiger partial charge in [0.05, 0.1) is 30.6 Å². The Balaban J connectivity index is 1.61. The lowest BCUT2D eigenvalue weighted by Crippen LogP contribution is -2.63. The Bertz CT molecular complexity index is 1520. The van der Waals surface area contributed by atoms with E-state index in [1.807, 2.05) is 30.3 Å². The summed E-state index contributed by atoms with van der Waals surface area (Å²) in [6.45, 7) is 0.0154. The smallest absolute Gasteiger partial charge is 0.279 e. The standard InChI is InChI=1S/C29H22FN3O3/c1-36-26-17-9-8-16-25(26)33-27(34)20-11-3-6-14-23(20)31-29(33)21-12-4-7-15-24(21)32(28(29)35)18-19-10-2-5-13-22(19)30/h2-17,31H,18H2,1H3. The van der Waals surface area contributed by atoms with Gasteiger partial charge in [-0.05, 0) is 36.4 Å². The normalized spacial score (nSPS) is 18.2. The van der Waals surface area contributed by atoms with Crippen LogP contribution in [0.5, 0.6) is 5.75 Å². The van der Waals surface area contributed by atoms with Crippen LogP contribution < -0.4 is 19.9 Å². The summed E-state index contributed by atoms with van der Waals surface area (Å²) in [5.41, 5.74) is 1.41. The van der Waals surface area contributed by atoms with Gasteiger partial charge in [-0.1, -0.05) is 60.7 Å². The van der Waals surface area contributed by atoms with Crippen molar-refractivity contribution < 1.29 is 18.7 Å². The number of benzene rings is 4. The number of nitrogens with one attached hydrogen (secondary N) is 1. The third-order valence-corrected chi connectivity index (χ3v) is 6.76. The first kappa shape index (κ1) is 21.9. The Kier molecular flexibility index (Phi) is 5.00. The molecule has 2 aliphatic heterocycles. The van der Waals surface area contributed by atoms with Gasteiger partial charge in [-0.25, -0.2) is 4.39 Å². The lowest BCUT2D eigenvalue weighted by Gasteiger charge is -2.45. The zero-order chi connectivity index (χ0) is 24.9. The van der Waals surface area contributed by atoms with Gasteiger partial charge in [-0.3, -0.25) is 14.5 Å². The molecule has 178 valence electrons. The van der Waals surface area contributed by atoms with Crippen LogP contribution >= 0.6 is 0 Å². The molecule has 36 heavy (non-hydrogen) atoms. The van der Waals surface area contributed by atoms with E-state index < -0.39 is 11.5 Å². The van der Waals surface area contributed by atoms with Crippen LogP contribution in [-0.2, 0) is 17.0 Å². The van der Waals surface area contributed by atoms with E-state index in [0.29, 0.717) is 39.5 Å². The maximum atomic E-state index is 14.6. The van der Waals surface area contributed by atoms with Gasteiger partial charge >= 0.3 is 0 Å². The van der Waals surface area contributed by atoms with Gasteiger partial charge < -0.3 is 15.0 Å². The SMILES string of the molecule is COc1ccccc1N1C(=O)c2ccccc2NC12C(=O)N(Cc1ccccc1F)c1ccccc12. The monoisotopic (exact) mass is 479 g/mol. The predicted molar refractivity (Wildman–Crippen MR) is 136 cm³/mol. The number of amides is 2. The largest absolute Gasteiger partial charge is 0.495 e. The molecule has 2 aliphatic rings. The molecule has 0 aliphatic carbocycles. The summed E-state index contributed by atoms with van der Waals surface area (Å²) >= 11 is 0. The van der Waals surface area contributed by atoms with E-state index in [2.05, 4.69) is 5.32 Å². The molecule has 0 fully saturated rings. The quantitative estimate of drug-likeness (QED) is 0.431. The minimum Gasteiger partial charge on any atom is -0.495 e. The summed E-state index contributed by atoms with van der Waals surface area (Å²) in [6, 6.07) is 27.9. The summed E-state index contributed by atoms with van der Waals surface area (Å²) in [5, 5.41) is 3.40. The molecule has 1 atom stereocenters. The highest BCUT2D eigenvalue weighted by Crippen LogP contribution is 2.51. The number of halogens is 1. The summed E-state index contributed by atoms with van der Waals surface area (Å²) in [7, 11) is 1.52. The van der Waals surface area contributed by atoms with Crippen LogP contribution in [0.3, 0.4) is 0 Å². The Morgan fingerprint density at radius 1 is 0.833 bits per heavy atom. The molecule has 1 spiro atoms. The summed E-state index contributed by atoms with van der Waals surface area (Å²) in [6.07, 6.45) is 0. The van der Waals surface area contributed by atoms with Crippen molar-refractivity contribution in [1.29, 1.82) is 0 Å². The van der Waals surface area contributed by atoms with Crippen molar-refractivity contribution in [3.05, 3.63) is 120 Å². The van der Waals surface area contributed by atoms with Crippen LogP contribution in [-0.4, -0.2) is 18.9 Å². The Labute approximate surface area is 207 Å². The highest BCUT2D eigenvalue weighted by Gasteiger charge is 2.60. The lowest BCUT2D eigenvalue weighted by atomic mass is 9.92. The Morgan fingerprint density at radius 2 is 1.50 bits per heavy atom. The van der Waals surface area contributed by atoms with Crippen LogP contribution in [0.2, 0.25) is 0 Å². The first-order valence-electron chi connectivity index (χ1n) is 11.6. The molecule has 1 unspecified atom stereocenters. The first-order chi connectivity index (χ1) is 17.6. The first-order valence-corrected chi connectivity index (χ1v) is 11.6. The van der Waals surface area contributed by atoms with Gasteiger partial charge in [0.15, 0.2) is 0 Å². The van der Waals surface area contributed by atoms with Crippen LogP contribution in [0.15, 0.2) is 97.1 Å². The predicted octanol–water partition coefficient (Wildman–Crippen LogP) is 5.31. The van der Waals surface area contributed by atoms with Gasteiger partial charge in [0.2, 0.25) is 5.66 Å². The molecular weight excluding hydrogens is 457 g/mol. The Morgan fingerprint density at radius 3 is 2.31 bits per heavy atom. The zero-order valence-corrected chi connectivity index (χ0v) is 19.4. The van der Waals surface area contributed by atoms with E-state index >= 15 is 0 Å². The van der Waals surface area contributed by atoms with Crippen molar-refractivity contribution in [3.63, 3.8) is 0 Å². The van der Waals surface area contributed by atoms with E-state index in [1.165, 1.54) is 23.0 Å². The number of ether oxygens (including phenoxy) is 1. The number of carbonyl (C=O) groups is 2. The molecule has 0 bridgehead atoms. The molecule has 4 aromatic carbocycles. The second kappa shape index (κ2) is 8.23. The fourth-order valence-electron chi connectivity index (χ4n) is 5.13. The molecule has 0 radical (unpaired) electrons. The van der Waals surface area contributed by atoms with Crippen molar-refractivity contribution in [2.75, 3.05) is 22.2 Å².